The van der Waals surface area contributed by atoms with Gasteiger partial charge in [0.2, 0.25) is 0 Å². The van der Waals surface area contributed by atoms with Crippen LogP contribution in [0, 0.1) is 6.92 Å². The van der Waals surface area contributed by atoms with Gasteiger partial charge in [0.05, 0.1) is 0 Å². The summed E-state index contributed by atoms with van der Waals surface area (Å²) in [6.45, 7) is 2.14. The Balaban J connectivity index is 1.69. The largest absolute Gasteiger partial charge is 0.144 e. The van der Waals surface area contributed by atoms with E-state index >= 15 is 0 Å². The molecule has 0 nitrogen and oxygen atoms in total. The maximum absolute atomic E-state index is 2.19. The molecule has 0 unspecified atom stereocenters. The highest BCUT2D eigenvalue weighted by Gasteiger charge is 1.96. The van der Waals surface area contributed by atoms with Gasteiger partial charge in [-0.1, -0.05) is 6.07 Å². The van der Waals surface area contributed by atoms with Crippen molar-refractivity contribution in [2.75, 3.05) is 0 Å². The lowest BCUT2D eigenvalue weighted by Gasteiger charge is -1.85. The zero-order chi connectivity index (χ0) is 13.8. The minimum absolute atomic E-state index is 1.29. The third kappa shape index (κ3) is 3.57. The highest BCUT2D eigenvalue weighted by Crippen LogP contribution is 2.23. The first kappa shape index (κ1) is 13.6. The van der Waals surface area contributed by atoms with E-state index in [0.29, 0.717) is 0 Å². The average Bonchev–Trinajstić information content (AvgIpc) is 3.16. The predicted octanol–water partition coefficient (Wildman–Crippen LogP) is 6.52. The summed E-state index contributed by atoms with van der Waals surface area (Å²) >= 11 is 5.41. The molecule has 3 aromatic heterocycles. The van der Waals surface area contributed by atoms with Crippen LogP contribution >= 0.6 is 34.0 Å². The van der Waals surface area contributed by atoms with E-state index < -0.39 is 0 Å². The molecule has 0 aliphatic heterocycles. The first-order valence-electron chi connectivity index (χ1n) is 6.35. The molecule has 20 heavy (non-hydrogen) atoms. The van der Waals surface area contributed by atoms with Crippen molar-refractivity contribution in [2.45, 2.75) is 6.92 Å². The van der Waals surface area contributed by atoms with Gasteiger partial charge in [-0.2, -0.15) is 0 Å². The molecule has 3 rings (SSSR count). The van der Waals surface area contributed by atoms with Gasteiger partial charge < -0.3 is 0 Å². The van der Waals surface area contributed by atoms with E-state index in [0.717, 1.165) is 0 Å². The van der Waals surface area contributed by atoms with E-state index in [-0.39, 0.29) is 0 Å². The highest BCUT2D eigenvalue weighted by atomic mass is 32.1. The van der Waals surface area contributed by atoms with Crippen molar-refractivity contribution in [1.29, 1.82) is 0 Å². The summed E-state index contributed by atoms with van der Waals surface area (Å²) in [5.41, 5.74) is 0. The van der Waals surface area contributed by atoms with Crippen LogP contribution in [0.15, 0.2) is 41.8 Å². The number of thiophene rings is 3. The third-order valence-electron chi connectivity index (χ3n) is 2.78. The molecule has 3 heterocycles. The van der Waals surface area contributed by atoms with Crippen molar-refractivity contribution in [3.8, 4) is 0 Å². The van der Waals surface area contributed by atoms with Gasteiger partial charge in [-0.3, -0.25) is 0 Å². The molecule has 0 fully saturated rings. The quantitative estimate of drug-likeness (QED) is 0.514. The topological polar surface area (TPSA) is 0 Å². The van der Waals surface area contributed by atoms with Crippen LogP contribution in [-0.2, 0) is 0 Å². The van der Waals surface area contributed by atoms with Crippen molar-refractivity contribution < 1.29 is 0 Å². The van der Waals surface area contributed by atoms with Gasteiger partial charge in [-0.05, 0) is 66.9 Å². The molecule has 0 spiro atoms. The molecule has 0 bridgehead atoms. The molecule has 0 saturated carbocycles. The van der Waals surface area contributed by atoms with Crippen LogP contribution in [0.1, 0.15) is 24.4 Å². The zero-order valence-electron chi connectivity index (χ0n) is 11.1. The van der Waals surface area contributed by atoms with Gasteiger partial charge in [0.1, 0.15) is 0 Å². The van der Waals surface area contributed by atoms with Crippen molar-refractivity contribution in [3.63, 3.8) is 0 Å². The number of hydrogen-bond acceptors (Lipinski definition) is 3. The molecule has 3 heteroatoms. The second kappa shape index (κ2) is 6.35. The average molecular weight is 314 g/mol. The second-order valence-electron chi connectivity index (χ2n) is 4.37. The van der Waals surface area contributed by atoms with Gasteiger partial charge in [0.15, 0.2) is 0 Å². The van der Waals surface area contributed by atoms with Gasteiger partial charge in [0, 0.05) is 24.4 Å². The van der Waals surface area contributed by atoms with Crippen LogP contribution in [-0.4, -0.2) is 0 Å². The van der Waals surface area contributed by atoms with Crippen molar-refractivity contribution >= 4 is 58.3 Å². The Kier molecular flexibility index (Phi) is 4.31. The highest BCUT2D eigenvalue weighted by molar-refractivity contribution is 7.14. The minimum atomic E-state index is 1.29. The van der Waals surface area contributed by atoms with Crippen molar-refractivity contribution in [1.82, 2.24) is 0 Å². The summed E-state index contributed by atoms with van der Waals surface area (Å²) in [6, 6.07) is 12.9. The van der Waals surface area contributed by atoms with Crippen LogP contribution in [0.2, 0.25) is 0 Å². The van der Waals surface area contributed by atoms with Crippen LogP contribution in [0.3, 0.4) is 0 Å². The van der Waals surface area contributed by atoms with Crippen LogP contribution in [0.25, 0.3) is 24.3 Å². The molecule has 0 N–H and O–H groups in total. The summed E-state index contributed by atoms with van der Waals surface area (Å²) in [5, 5.41) is 2.10. The van der Waals surface area contributed by atoms with E-state index in [9.17, 15) is 0 Å². The fourth-order valence-electron chi connectivity index (χ4n) is 1.81. The summed E-state index contributed by atoms with van der Waals surface area (Å²) in [7, 11) is 0. The van der Waals surface area contributed by atoms with Crippen LogP contribution in [0.5, 0.6) is 0 Å². The summed E-state index contributed by atoms with van der Waals surface area (Å²) in [6.07, 6.45) is 8.74. The molecule has 0 aliphatic rings. The Morgan fingerprint density at radius 1 is 0.700 bits per heavy atom. The number of rotatable bonds is 4. The summed E-state index contributed by atoms with van der Waals surface area (Å²) in [5.74, 6) is 0. The maximum atomic E-state index is 2.19. The second-order valence-corrected chi connectivity index (χ2v) is 7.82. The monoisotopic (exact) mass is 314 g/mol. The molecule has 3 aromatic rings. The molecule has 0 aliphatic carbocycles. The normalized spacial score (nSPS) is 11.8. The Bertz CT molecular complexity index is 724. The Morgan fingerprint density at radius 3 is 1.85 bits per heavy atom. The Hall–Kier alpha value is -1.42. The number of hydrogen-bond donors (Lipinski definition) is 0. The van der Waals surface area contributed by atoms with Crippen LogP contribution in [0.4, 0.5) is 0 Å². The summed E-state index contributed by atoms with van der Waals surface area (Å²) in [4.78, 5) is 6.55. The first-order valence-corrected chi connectivity index (χ1v) is 8.87. The Morgan fingerprint density at radius 2 is 1.30 bits per heavy atom. The standard InChI is InChI=1S/C17H14S3/c1-13-4-5-15(19-13)8-9-17-11-10-16(20-17)7-6-14-3-2-12-18-14/h2-12H,1H3/b7-6+,9-8+. The lowest BCUT2D eigenvalue weighted by atomic mass is 10.3. The van der Waals surface area contributed by atoms with Gasteiger partial charge in [-0.25, -0.2) is 0 Å². The lowest BCUT2D eigenvalue weighted by Crippen LogP contribution is -1.58. The van der Waals surface area contributed by atoms with Gasteiger partial charge >= 0.3 is 0 Å². The first-order chi connectivity index (χ1) is 9.79. The molecular formula is C17H14S3. The molecule has 0 radical (unpaired) electrons. The molecule has 0 atom stereocenters. The summed E-state index contributed by atoms with van der Waals surface area (Å²) < 4.78 is 0. The molecule has 0 aromatic carbocycles. The van der Waals surface area contributed by atoms with Crippen molar-refractivity contribution in [3.05, 3.63) is 66.2 Å². The fraction of sp³-hybridized carbons (Fsp3) is 0.0588. The molecule has 0 saturated heterocycles. The third-order valence-corrected chi connectivity index (χ3v) is 5.59. The molecule has 100 valence electrons. The van der Waals surface area contributed by atoms with Crippen LogP contribution < -0.4 is 0 Å². The zero-order valence-corrected chi connectivity index (χ0v) is 13.5. The SMILES string of the molecule is Cc1ccc(/C=C/c2ccc(/C=C/c3cccs3)s2)s1. The predicted molar refractivity (Wildman–Crippen MR) is 95.6 cm³/mol. The minimum Gasteiger partial charge on any atom is -0.144 e. The maximum Gasteiger partial charge on any atom is 0.0277 e. The van der Waals surface area contributed by atoms with Crippen molar-refractivity contribution in [2.24, 2.45) is 0 Å². The Labute approximate surface area is 131 Å². The van der Waals surface area contributed by atoms with Gasteiger partial charge in [0.25, 0.3) is 0 Å². The lowest BCUT2D eigenvalue weighted by molar-refractivity contribution is 1.64. The molecule has 0 amide bonds. The van der Waals surface area contributed by atoms with E-state index in [1.165, 1.54) is 24.4 Å². The number of aryl methyl sites for hydroxylation is 1. The van der Waals surface area contributed by atoms with E-state index in [2.05, 4.69) is 73.0 Å². The van der Waals surface area contributed by atoms with E-state index in [1.54, 1.807) is 11.3 Å². The smallest absolute Gasteiger partial charge is 0.0277 e. The fourth-order valence-corrected chi connectivity index (χ4v) is 4.02. The van der Waals surface area contributed by atoms with Gasteiger partial charge in [-0.15, -0.1) is 34.0 Å². The molecular weight excluding hydrogens is 300 g/mol. The van der Waals surface area contributed by atoms with E-state index in [4.69, 9.17) is 0 Å². The van der Waals surface area contributed by atoms with E-state index in [1.807, 2.05) is 22.7 Å².